The lowest BCUT2D eigenvalue weighted by atomic mass is 9.96. The maximum Gasteiger partial charge on any atom is 0.229 e. The highest BCUT2D eigenvalue weighted by molar-refractivity contribution is 8.14. The third-order valence-electron chi connectivity index (χ3n) is 3.56. The number of aromatic nitrogens is 1. The molecule has 5 nitrogen and oxygen atoms in total. The zero-order chi connectivity index (χ0) is 13.9. The molecule has 108 valence electrons. The number of amides is 1. The van der Waals surface area contributed by atoms with Gasteiger partial charge in [-0.3, -0.25) is 9.79 Å². The van der Waals surface area contributed by atoms with Gasteiger partial charge in [-0.2, -0.15) is 0 Å². The van der Waals surface area contributed by atoms with Crippen molar-refractivity contribution in [2.75, 3.05) is 30.3 Å². The number of carbonyl (C=O) groups excluding carboxylic acids is 1. The first kappa shape index (κ1) is 13.9. The Balaban J connectivity index is 1.51. The van der Waals surface area contributed by atoms with Crippen molar-refractivity contribution < 1.29 is 4.79 Å². The third-order valence-corrected chi connectivity index (χ3v) is 5.47. The number of amidine groups is 1. The molecular weight excluding hydrogens is 292 g/mol. The molecule has 0 aliphatic carbocycles. The molecule has 0 spiro atoms. The second-order valence-electron chi connectivity index (χ2n) is 5.06. The van der Waals surface area contributed by atoms with Gasteiger partial charge in [-0.15, -0.1) is 11.3 Å². The average Bonchev–Trinajstić information content (AvgIpc) is 3.10. The number of thiazole rings is 1. The van der Waals surface area contributed by atoms with Crippen LogP contribution >= 0.6 is 23.1 Å². The van der Waals surface area contributed by atoms with Gasteiger partial charge in [0.2, 0.25) is 5.91 Å². The van der Waals surface area contributed by atoms with Crippen molar-refractivity contribution in [2.24, 2.45) is 10.9 Å². The Morgan fingerprint density at radius 1 is 1.45 bits per heavy atom. The molecule has 1 aromatic heterocycles. The molecule has 0 radical (unpaired) electrons. The molecule has 20 heavy (non-hydrogen) atoms. The van der Waals surface area contributed by atoms with E-state index in [4.69, 9.17) is 0 Å². The monoisotopic (exact) mass is 310 g/mol. The third kappa shape index (κ3) is 3.15. The van der Waals surface area contributed by atoms with E-state index in [1.807, 2.05) is 6.92 Å². The zero-order valence-corrected chi connectivity index (χ0v) is 13.1. The molecule has 0 unspecified atom stereocenters. The van der Waals surface area contributed by atoms with E-state index in [1.165, 1.54) is 0 Å². The van der Waals surface area contributed by atoms with Gasteiger partial charge >= 0.3 is 0 Å². The molecule has 0 saturated carbocycles. The zero-order valence-electron chi connectivity index (χ0n) is 11.5. The minimum atomic E-state index is 0.108. The highest BCUT2D eigenvalue weighted by Gasteiger charge is 2.27. The fourth-order valence-electron chi connectivity index (χ4n) is 2.44. The van der Waals surface area contributed by atoms with Crippen molar-refractivity contribution in [2.45, 2.75) is 19.8 Å². The molecule has 1 N–H and O–H groups in total. The van der Waals surface area contributed by atoms with Crippen LogP contribution in [0.2, 0.25) is 0 Å². The first-order valence-corrected chi connectivity index (χ1v) is 8.74. The minimum Gasteiger partial charge on any atom is -0.348 e. The first-order chi connectivity index (χ1) is 9.72. The maximum absolute atomic E-state index is 12.2. The van der Waals surface area contributed by atoms with E-state index in [9.17, 15) is 4.79 Å². The van der Waals surface area contributed by atoms with Gasteiger partial charge in [0.15, 0.2) is 10.3 Å². The minimum absolute atomic E-state index is 0.108. The number of nitrogens with zero attached hydrogens (tertiary/aromatic N) is 3. The van der Waals surface area contributed by atoms with Crippen LogP contribution in [0.15, 0.2) is 10.4 Å². The molecule has 7 heteroatoms. The molecule has 3 rings (SSSR count). The predicted molar refractivity (Wildman–Crippen MR) is 84.7 cm³/mol. The quantitative estimate of drug-likeness (QED) is 0.906. The normalized spacial score (nSPS) is 20.1. The standard InChI is InChI=1S/C13H18N4OS2/c1-9-8-20-13(15-9)17-5-2-10(3-6-17)11(18)16-12-14-4-7-19-12/h8,10H,2-7H2,1H3,(H,14,16,18). The lowest BCUT2D eigenvalue weighted by Crippen LogP contribution is -2.41. The van der Waals surface area contributed by atoms with Crippen molar-refractivity contribution in [1.29, 1.82) is 0 Å². The molecule has 1 aromatic rings. The Hall–Kier alpha value is -1.08. The molecule has 0 aromatic carbocycles. The number of aryl methyl sites for hydroxylation is 1. The summed E-state index contributed by atoms with van der Waals surface area (Å²) in [5.41, 5.74) is 1.07. The Morgan fingerprint density at radius 2 is 2.25 bits per heavy atom. The Morgan fingerprint density at radius 3 is 2.85 bits per heavy atom. The van der Waals surface area contributed by atoms with Gasteiger partial charge in [0.1, 0.15) is 0 Å². The molecule has 2 aliphatic heterocycles. The van der Waals surface area contributed by atoms with Gasteiger partial charge in [-0.05, 0) is 19.8 Å². The van der Waals surface area contributed by atoms with Gasteiger partial charge in [0.25, 0.3) is 0 Å². The van der Waals surface area contributed by atoms with Crippen molar-refractivity contribution in [3.05, 3.63) is 11.1 Å². The average molecular weight is 310 g/mol. The number of anilines is 1. The molecular formula is C13H18N4OS2. The second-order valence-corrected chi connectivity index (χ2v) is 6.98. The summed E-state index contributed by atoms with van der Waals surface area (Å²) in [6, 6.07) is 0. The van der Waals surface area contributed by atoms with E-state index < -0.39 is 0 Å². The fourth-order valence-corrected chi connectivity index (χ4v) is 4.03. The van der Waals surface area contributed by atoms with Gasteiger partial charge < -0.3 is 10.2 Å². The molecule has 3 heterocycles. The summed E-state index contributed by atoms with van der Waals surface area (Å²) in [6.45, 7) is 4.65. The highest BCUT2D eigenvalue weighted by Crippen LogP contribution is 2.26. The summed E-state index contributed by atoms with van der Waals surface area (Å²) in [5.74, 6) is 1.22. The van der Waals surface area contributed by atoms with E-state index in [-0.39, 0.29) is 11.8 Å². The summed E-state index contributed by atoms with van der Waals surface area (Å²) in [6.07, 6.45) is 1.78. The van der Waals surface area contributed by atoms with Crippen LogP contribution in [0.5, 0.6) is 0 Å². The van der Waals surface area contributed by atoms with Gasteiger partial charge in [-0.25, -0.2) is 4.98 Å². The number of thioether (sulfide) groups is 1. The molecule has 0 atom stereocenters. The van der Waals surface area contributed by atoms with Crippen LogP contribution in [-0.2, 0) is 4.79 Å². The largest absolute Gasteiger partial charge is 0.348 e. The van der Waals surface area contributed by atoms with Crippen LogP contribution in [0.1, 0.15) is 18.5 Å². The van der Waals surface area contributed by atoms with Crippen LogP contribution in [-0.4, -0.2) is 41.4 Å². The van der Waals surface area contributed by atoms with Crippen LogP contribution in [0.25, 0.3) is 0 Å². The molecule has 1 amide bonds. The first-order valence-electron chi connectivity index (χ1n) is 6.87. The van der Waals surface area contributed by atoms with Crippen LogP contribution in [0.4, 0.5) is 5.13 Å². The lowest BCUT2D eigenvalue weighted by molar-refractivity contribution is -0.124. The SMILES string of the molecule is Cc1csc(N2CCC(C(=O)NC3=NCCS3)CC2)n1. The summed E-state index contributed by atoms with van der Waals surface area (Å²) < 4.78 is 0. The molecule has 0 bridgehead atoms. The van der Waals surface area contributed by atoms with Gasteiger partial charge in [0.05, 0.1) is 12.2 Å². The number of hydrogen-bond acceptors (Lipinski definition) is 6. The van der Waals surface area contributed by atoms with Gasteiger partial charge in [0, 0.05) is 30.1 Å². The summed E-state index contributed by atoms with van der Waals surface area (Å²) in [5, 5.41) is 6.90. The Kier molecular flexibility index (Phi) is 4.26. The van der Waals surface area contributed by atoms with E-state index in [1.54, 1.807) is 23.1 Å². The number of rotatable bonds is 2. The Bertz CT molecular complexity index is 520. The van der Waals surface area contributed by atoms with Crippen LogP contribution in [0, 0.1) is 12.8 Å². The number of hydrogen-bond donors (Lipinski definition) is 1. The Labute approximate surface area is 126 Å². The van der Waals surface area contributed by atoms with Crippen molar-refractivity contribution in [1.82, 2.24) is 10.3 Å². The number of nitrogens with one attached hydrogen (secondary N) is 1. The van der Waals surface area contributed by atoms with E-state index in [2.05, 4.69) is 25.6 Å². The van der Waals surface area contributed by atoms with E-state index in [0.717, 1.165) is 54.2 Å². The summed E-state index contributed by atoms with van der Waals surface area (Å²) in [7, 11) is 0. The van der Waals surface area contributed by atoms with E-state index in [0.29, 0.717) is 0 Å². The second kappa shape index (κ2) is 6.13. The highest BCUT2D eigenvalue weighted by atomic mass is 32.2. The van der Waals surface area contributed by atoms with Crippen molar-refractivity contribution in [3.63, 3.8) is 0 Å². The van der Waals surface area contributed by atoms with Gasteiger partial charge in [-0.1, -0.05) is 11.8 Å². The maximum atomic E-state index is 12.2. The van der Waals surface area contributed by atoms with E-state index >= 15 is 0 Å². The predicted octanol–water partition coefficient (Wildman–Crippen LogP) is 1.89. The van der Waals surface area contributed by atoms with Crippen LogP contribution in [0.3, 0.4) is 0 Å². The lowest BCUT2D eigenvalue weighted by Gasteiger charge is -2.30. The topological polar surface area (TPSA) is 57.6 Å². The van der Waals surface area contributed by atoms with Crippen molar-refractivity contribution in [3.8, 4) is 0 Å². The molecule has 1 saturated heterocycles. The van der Waals surface area contributed by atoms with Crippen LogP contribution < -0.4 is 10.2 Å². The molecule has 1 fully saturated rings. The smallest absolute Gasteiger partial charge is 0.229 e. The fraction of sp³-hybridized carbons (Fsp3) is 0.615. The van der Waals surface area contributed by atoms with Crippen molar-refractivity contribution >= 4 is 39.3 Å². The summed E-state index contributed by atoms with van der Waals surface area (Å²) >= 11 is 3.32. The number of piperidine rings is 1. The summed E-state index contributed by atoms with van der Waals surface area (Å²) in [4.78, 5) is 23.2. The number of aliphatic imine (C=N–C) groups is 1. The number of carbonyl (C=O) groups is 1. The molecule has 2 aliphatic rings.